The Morgan fingerprint density at radius 3 is 0.500 bits per heavy atom. The molecule has 0 spiro atoms. The molecule has 0 heterocycles. The quantitative estimate of drug-likeness (QED) is 0.00831. The molecule has 558 valence electrons. The Labute approximate surface area is 596 Å². The van der Waals surface area contributed by atoms with Crippen LogP contribution in [0.3, 0.4) is 0 Å². The summed E-state index contributed by atoms with van der Waals surface area (Å²) < 4.78 is 43.6. The van der Waals surface area contributed by atoms with E-state index in [0.29, 0.717) is 98.5 Å². The van der Waals surface area contributed by atoms with E-state index in [9.17, 15) is 130 Å². The third kappa shape index (κ3) is 19.5. The van der Waals surface area contributed by atoms with Gasteiger partial charge in [0.15, 0.2) is 126 Å². The number of phenolic OH excluding ortho intramolecular Hbond substituents is 18. The molecule has 0 fully saturated rings. The van der Waals surface area contributed by atoms with E-state index >= 15 is 0 Å². The highest BCUT2D eigenvalue weighted by Crippen LogP contribution is 2.47. The number of unbranched alkanes of at least 4 members (excludes halogenated alkanes) is 13. The number of aromatic hydroxyl groups is 18. The van der Waals surface area contributed by atoms with Crippen LogP contribution < -0.4 is 28.4 Å². The molecule has 0 amide bonds. The summed E-state index contributed by atoms with van der Waals surface area (Å²) in [6.45, 7) is -0.328. The molecule has 0 aliphatic rings. The van der Waals surface area contributed by atoms with E-state index < -0.39 is 230 Å². The lowest BCUT2D eigenvalue weighted by atomic mass is 10.0. The van der Waals surface area contributed by atoms with E-state index in [-0.39, 0.29) is 13.2 Å². The van der Waals surface area contributed by atoms with Gasteiger partial charge in [-0.3, -0.25) is 0 Å². The molecule has 0 aliphatic heterocycles. The number of hydrogen-bond acceptors (Lipinski definition) is 34. The molecule has 18 N–H and O–H groups in total. The maximum absolute atomic E-state index is 13.7. The number of esters is 8. The van der Waals surface area contributed by atoms with E-state index in [0.717, 1.165) is 88.5 Å². The predicted octanol–water partition coefficient (Wildman–Crippen LogP) is 10.2. The number of phenols is 18. The van der Waals surface area contributed by atoms with Crippen LogP contribution in [0, 0.1) is 0 Å². The zero-order chi connectivity index (χ0) is 77.4. The van der Waals surface area contributed by atoms with Gasteiger partial charge in [0.2, 0.25) is 11.5 Å². The third-order valence-corrected chi connectivity index (χ3v) is 15.6. The Bertz CT molecular complexity index is 4110. The summed E-state index contributed by atoms with van der Waals surface area (Å²) in [5.41, 5.74) is -4.89. The fourth-order valence-corrected chi connectivity index (χ4v) is 9.99. The number of benzene rings is 8. The largest absolute Gasteiger partial charge is 0.504 e. The van der Waals surface area contributed by atoms with Gasteiger partial charge in [-0.2, -0.15) is 0 Å². The molecule has 34 heteroatoms. The predicted molar refractivity (Wildman–Crippen MR) is 356 cm³/mol. The van der Waals surface area contributed by atoms with Crippen LogP contribution in [0.5, 0.6) is 138 Å². The normalized spacial score (nSPS) is 10.9. The SMILES string of the molecule is O=C(OCCCCCCCCCCCCCCCCOC(=O)c1cc(OC(=O)c2cc(O)c(O)c(O)c2)c(OC(=O)c2cc(O)c(O)c(O)c2)c(OC(=O)c2cc(O)c(O)c(O)c2)c1)c1cc(OC(=O)c2cc(O)c(O)c(O)c2)c(OC(=O)c2cc(O)c(O)c(O)c2)c(OC(=O)c2cc(O)c(O)c(O)c2)c1. The van der Waals surface area contributed by atoms with E-state index in [1.165, 1.54) is 0 Å². The third-order valence-electron chi connectivity index (χ3n) is 15.6. The Morgan fingerprint density at radius 1 is 0.189 bits per heavy atom. The highest BCUT2D eigenvalue weighted by molar-refractivity contribution is 6.01. The van der Waals surface area contributed by atoms with Crippen molar-refractivity contribution in [2.24, 2.45) is 0 Å². The van der Waals surface area contributed by atoms with E-state index in [2.05, 4.69) is 0 Å². The Kier molecular flexibility index (Phi) is 25.3. The Balaban J connectivity index is 0.817. The van der Waals surface area contributed by atoms with Gasteiger partial charge in [-0.15, -0.1) is 0 Å². The van der Waals surface area contributed by atoms with Crippen LogP contribution in [0.15, 0.2) is 97.1 Å². The molecule has 0 bridgehead atoms. The summed E-state index contributed by atoms with van der Waals surface area (Å²) in [7, 11) is 0. The zero-order valence-corrected chi connectivity index (χ0v) is 55.1. The molecule has 0 radical (unpaired) electrons. The molecule has 8 rings (SSSR count). The summed E-state index contributed by atoms with van der Waals surface area (Å²) in [4.78, 5) is 109. The summed E-state index contributed by atoms with van der Waals surface area (Å²) >= 11 is 0. The van der Waals surface area contributed by atoms with Gasteiger partial charge in [-0.1, -0.05) is 77.0 Å². The molecule has 0 saturated heterocycles. The van der Waals surface area contributed by atoms with Crippen molar-refractivity contribution >= 4 is 47.8 Å². The fourth-order valence-electron chi connectivity index (χ4n) is 9.99. The minimum atomic E-state index is -1.49. The van der Waals surface area contributed by atoms with Crippen LogP contribution in [0.25, 0.3) is 0 Å². The Morgan fingerprint density at radius 2 is 0.330 bits per heavy atom. The summed E-state index contributed by atoms with van der Waals surface area (Å²) in [6, 6.07) is 11.2. The molecule has 8 aromatic rings. The van der Waals surface area contributed by atoms with E-state index in [1.807, 2.05) is 0 Å². The van der Waals surface area contributed by atoms with Gasteiger partial charge < -0.3 is 130 Å². The summed E-state index contributed by atoms with van der Waals surface area (Å²) in [5, 5.41) is 180. The van der Waals surface area contributed by atoms with Crippen molar-refractivity contribution < 1.29 is 168 Å². The first-order valence-corrected chi connectivity index (χ1v) is 31.8. The molecule has 0 atom stereocenters. The molecular weight excluding hydrogens is 1410 g/mol. The lowest BCUT2D eigenvalue weighted by molar-refractivity contribution is 0.0486. The number of rotatable bonds is 31. The number of hydrogen-bond donors (Lipinski definition) is 18. The second kappa shape index (κ2) is 34.5. The van der Waals surface area contributed by atoms with Gasteiger partial charge in [0.1, 0.15) is 0 Å². The van der Waals surface area contributed by atoms with Gasteiger partial charge >= 0.3 is 47.8 Å². The highest BCUT2D eigenvalue weighted by atomic mass is 16.6. The average Bonchev–Trinajstić information content (AvgIpc) is 0.790. The van der Waals surface area contributed by atoms with Crippen LogP contribution in [0.1, 0.15) is 173 Å². The number of carbonyl (C=O) groups excluding carboxylic acids is 8. The molecule has 8 aromatic carbocycles. The summed E-state index contributed by atoms with van der Waals surface area (Å²) in [6.07, 6.45) is 10.6. The number of carbonyl (C=O) groups is 8. The van der Waals surface area contributed by atoms with E-state index in [1.54, 1.807) is 0 Å². The average molecular weight is 1480 g/mol. The highest BCUT2D eigenvalue weighted by Gasteiger charge is 2.32. The molecule has 0 saturated carbocycles. The topological polar surface area (TPSA) is 575 Å². The molecule has 0 unspecified atom stereocenters. The van der Waals surface area contributed by atoms with Crippen LogP contribution in [0.2, 0.25) is 0 Å². The standard InChI is InChI=1S/C72H66O34/c73-41-17-33(18-42(74)57(41)85)67(93)101-53-29-39(30-54(102-68(94)34-19-43(75)58(86)44(76)20-34)63(53)105-71(97)37-25-49(81)61(89)50(82)26-37)65(91)99-15-13-11-9-7-5-3-1-2-4-6-8-10-12-14-16-100-66(92)40-31-55(103-69(95)35-21-45(77)59(87)46(78)22-35)64(106-72(98)38-27-51(83)62(90)52(84)28-38)56(32-40)104-70(96)36-23-47(79)60(88)48(80)24-36/h17-32,73-90H,1-16H2. The second-order valence-corrected chi connectivity index (χ2v) is 23.3. The van der Waals surface area contributed by atoms with Crippen LogP contribution in [0.4, 0.5) is 0 Å². The van der Waals surface area contributed by atoms with Gasteiger partial charge in [0, 0.05) is 0 Å². The molecule has 106 heavy (non-hydrogen) atoms. The fraction of sp³-hybridized carbons (Fsp3) is 0.222. The van der Waals surface area contributed by atoms with Gasteiger partial charge in [0.05, 0.1) is 57.7 Å². The monoisotopic (exact) mass is 1470 g/mol. The minimum absolute atomic E-state index is 0.164. The first-order valence-electron chi connectivity index (χ1n) is 31.8. The van der Waals surface area contributed by atoms with Gasteiger partial charge in [0.25, 0.3) is 0 Å². The van der Waals surface area contributed by atoms with Crippen molar-refractivity contribution in [3.05, 3.63) is 142 Å². The van der Waals surface area contributed by atoms with Gasteiger partial charge in [-0.05, 0) is 110 Å². The number of ether oxygens (including phenoxy) is 8. The molecule has 34 nitrogen and oxygen atoms in total. The van der Waals surface area contributed by atoms with Crippen molar-refractivity contribution in [3.8, 4) is 138 Å². The molecule has 0 aromatic heterocycles. The Hall–Kier alpha value is -14.1. The summed E-state index contributed by atoms with van der Waals surface area (Å²) in [5.74, 6) is -34.5. The lowest BCUT2D eigenvalue weighted by Crippen LogP contribution is -2.17. The van der Waals surface area contributed by atoms with E-state index in [4.69, 9.17) is 37.9 Å². The zero-order valence-electron chi connectivity index (χ0n) is 55.1. The van der Waals surface area contributed by atoms with Crippen LogP contribution in [-0.2, 0) is 9.47 Å². The first-order chi connectivity index (χ1) is 50.3. The van der Waals surface area contributed by atoms with Crippen LogP contribution >= 0.6 is 0 Å². The van der Waals surface area contributed by atoms with Crippen molar-refractivity contribution in [1.82, 2.24) is 0 Å². The minimum Gasteiger partial charge on any atom is -0.504 e. The maximum atomic E-state index is 13.7. The lowest BCUT2D eigenvalue weighted by Gasteiger charge is -2.17. The smallest absolute Gasteiger partial charge is 0.344 e. The van der Waals surface area contributed by atoms with Crippen molar-refractivity contribution in [3.63, 3.8) is 0 Å². The van der Waals surface area contributed by atoms with Gasteiger partial charge in [-0.25, -0.2) is 38.4 Å². The van der Waals surface area contributed by atoms with Crippen molar-refractivity contribution in [2.45, 2.75) is 89.9 Å². The molecular formula is C72H66O34. The van der Waals surface area contributed by atoms with Crippen LogP contribution in [-0.4, -0.2) is 153 Å². The molecule has 0 aliphatic carbocycles. The van der Waals surface area contributed by atoms with Crippen molar-refractivity contribution in [2.75, 3.05) is 13.2 Å². The van der Waals surface area contributed by atoms with Crippen molar-refractivity contribution in [1.29, 1.82) is 0 Å². The maximum Gasteiger partial charge on any atom is 0.344 e. The second-order valence-electron chi connectivity index (χ2n) is 23.3. The first kappa shape index (κ1) is 77.7.